The molecule has 2 N–H and O–H groups in total. The van der Waals surface area contributed by atoms with Gasteiger partial charge in [-0.15, -0.1) is 0 Å². The second-order valence-electron chi connectivity index (χ2n) is 4.96. The predicted octanol–water partition coefficient (Wildman–Crippen LogP) is 2.53. The molecule has 0 aliphatic heterocycles. The Morgan fingerprint density at radius 1 is 1.24 bits per heavy atom. The Morgan fingerprint density at radius 2 is 2.00 bits per heavy atom. The second kappa shape index (κ2) is 9.46. The molecule has 0 unspecified atom stereocenters. The molecule has 21 heavy (non-hydrogen) atoms. The van der Waals surface area contributed by atoms with Crippen LogP contribution in [0.1, 0.15) is 30.9 Å². The van der Waals surface area contributed by atoms with E-state index >= 15 is 0 Å². The molecule has 1 aromatic carbocycles. The highest BCUT2D eigenvalue weighted by atomic mass is 32.2. The van der Waals surface area contributed by atoms with Gasteiger partial charge < -0.3 is 5.32 Å². The van der Waals surface area contributed by atoms with E-state index in [0.717, 1.165) is 36.3 Å². The van der Waals surface area contributed by atoms with E-state index in [1.165, 1.54) is 0 Å². The Bertz CT molecular complexity index is 530. The third kappa shape index (κ3) is 5.98. The Hall–Kier alpha value is -0.560. The van der Waals surface area contributed by atoms with Crippen LogP contribution in [0.4, 0.5) is 0 Å². The molecule has 0 aliphatic carbocycles. The van der Waals surface area contributed by atoms with Gasteiger partial charge in [0, 0.05) is 13.1 Å². The molecule has 0 atom stereocenters. The molecule has 0 fully saturated rings. The zero-order chi connectivity index (χ0) is 15.7. The first-order chi connectivity index (χ1) is 10.0. The van der Waals surface area contributed by atoms with Gasteiger partial charge in [0.2, 0.25) is 10.0 Å². The maximum absolute atomic E-state index is 12.4. The van der Waals surface area contributed by atoms with Crippen LogP contribution in [0.5, 0.6) is 0 Å². The topological polar surface area (TPSA) is 58.2 Å². The number of rotatable bonds is 10. The maximum atomic E-state index is 12.4. The van der Waals surface area contributed by atoms with Crippen LogP contribution in [0.2, 0.25) is 0 Å². The van der Waals surface area contributed by atoms with E-state index < -0.39 is 10.0 Å². The Kier molecular flexibility index (Phi) is 8.33. The highest BCUT2D eigenvalue weighted by molar-refractivity contribution is 7.98. The molecule has 4 nitrogen and oxygen atoms in total. The van der Waals surface area contributed by atoms with Crippen molar-refractivity contribution in [2.24, 2.45) is 0 Å². The monoisotopic (exact) mass is 330 g/mol. The zero-order valence-corrected chi connectivity index (χ0v) is 14.7. The van der Waals surface area contributed by atoms with Crippen molar-refractivity contribution < 1.29 is 8.42 Å². The van der Waals surface area contributed by atoms with E-state index in [4.69, 9.17) is 0 Å². The van der Waals surface area contributed by atoms with Crippen LogP contribution in [0.15, 0.2) is 23.1 Å². The van der Waals surface area contributed by atoms with Gasteiger partial charge in [-0.05, 0) is 55.5 Å². The lowest BCUT2D eigenvalue weighted by Crippen LogP contribution is -2.26. The molecule has 0 saturated carbocycles. The minimum Gasteiger partial charge on any atom is -0.313 e. The highest BCUT2D eigenvalue weighted by Crippen LogP contribution is 2.18. The molecular formula is C15H26N2O2S2. The predicted molar refractivity (Wildman–Crippen MR) is 91.4 cm³/mol. The summed E-state index contributed by atoms with van der Waals surface area (Å²) in [5.41, 5.74) is 1.87. The van der Waals surface area contributed by atoms with E-state index in [-0.39, 0.29) is 0 Å². The summed E-state index contributed by atoms with van der Waals surface area (Å²) in [4.78, 5) is 0.391. The van der Waals surface area contributed by atoms with Crippen molar-refractivity contribution in [2.75, 3.05) is 25.1 Å². The lowest BCUT2D eigenvalue weighted by Gasteiger charge is -2.13. The normalized spacial score (nSPS) is 11.8. The lowest BCUT2D eigenvalue weighted by molar-refractivity contribution is 0.580. The standard InChI is InChI=1S/C15H26N2O2S2/c1-4-9-16-12-14-7-5-8-15(13(14)2)21(18,19)17-10-6-11-20-3/h5,7-8,16-17H,4,6,9-12H2,1-3H3. The van der Waals surface area contributed by atoms with Crippen LogP contribution in [-0.2, 0) is 16.6 Å². The molecule has 6 heteroatoms. The van der Waals surface area contributed by atoms with Gasteiger partial charge in [0.15, 0.2) is 0 Å². The summed E-state index contributed by atoms with van der Waals surface area (Å²) in [5.74, 6) is 0.961. The average molecular weight is 331 g/mol. The van der Waals surface area contributed by atoms with Crippen LogP contribution >= 0.6 is 11.8 Å². The van der Waals surface area contributed by atoms with Gasteiger partial charge in [-0.2, -0.15) is 11.8 Å². The van der Waals surface area contributed by atoms with Crippen molar-refractivity contribution in [2.45, 2.75) is 38.1 Å². The molecular weight excluding hydrogens is 304 g/mol. The Balaban J connectivity index is 2.79. The van der Waals surface area contributed by atoms with Crippen LogP contribution in [0, 0.1) is 6.92 Å². The van der Waals surface area contributed by atoms with E-state index in [9.17, 15) is 8.42 Å². The first-order valence-corrected chi connectivity index (χ1v) is 10.2. The molecule has 1 rings (SSSR count). The number of nitrogens with one attached hydrogen (secondary N) is 2. The van der Waals surface area contributed by atoms with E-state index in [2.05, 4.69) is 17.0 Å². The van der Waals surface area contributed by atoms with Gasteiger partial charge in [-0.3, -0.25) is 0 Å². The van der Waals surface area contributed by atoms with Gasteiger partial charge in [0.05, 0.1) is 4.90 Å². The van der Waals surface area contributed by atoms with Crippen LogP contribution < -0.4 is 10.0 Å². The van der Waals surface area contributed by atoms with Crippen molar-refractivity contribution in [3.8, 4) is 0 Å². The van der Waals surface area contributed by atoms with E-state index in [1.807, 2.05) is 25.3 Å². The van der Waals surface area contributed by atoms with Crippen molar-refractivity contribution >= 4 is 21.8 Å². The van der Waals surface area contributed by atoms with Crippen molar-refractivity contribution in [1.82, 2.24) is 10.0 Å². The minimum atomic E-state index is -3.41. The van der Waals surface area contributed by atoms with E-state index in [0.29, 0.717) is 18.0 Å². The summed E-state index contributed by atoms with van der Waals surface area (Å²) in [5, 5.41) is 3.31. The van der Waals surface area contributed by atoms with Gasteiger partial charge in [-0.1, -0.05) is 19.1 Å². The number of hydrogen-bond donors (Lipinski definition) is 2. The quantitative estimate of drug-likeness (QED) is 0.647. The molecule has 0 aromatic heterocycles. The summed E-state index contributed by atoms with van der Waals surface area (Å²) in [7, 11) is -3.41. The van der Waals surface area contributed by atoms with Crippen LogP contribution in [0.3, 0.4) is 0 Å². The fourth-order valence-electron chi connectivity index (χ4n) is 2.04. The van der Waals surface area contributed by atoms with Gasteiger partial charge >= 0.3 is 0 Å². The zero-order valence-electron chi connectivity index (χ0n) is 13.1. The van der Waals surface area contributed by atoms with Crippen LogP contribution in [-0.4, -0.2) is 33.5 Å². The maximum Gasteiger partial charge on any atom is 0.240 e. The number of thioether (sulfide) groups is 1. The molecule has 0 spiro atoms. The minimum absolute atomic E-state index is 0.391. The Morgan fingerprint density at radius 3 is 2.67 bits per heavy atom. The molecule has 0 aliphatic rings. The SMILES string of the molecule is CCCNCc1cccc(S(=O)(=O)NCCCSC)c1C. The largest absolute Gasteiger partial charge is 0.313 e. The third-order valence-electron chi connectivity index (χ3n) is 3.25. The van der Waals surface area contributed by atoms with Crippen molar-refractivity contribution in [1.29, 1.82) is 0 Å². The van der Waals surface area contributed by atoms with Gasteiger partial charge in [-0.25, -0.2) is 13.1 Å². The fourth-order valence-corrected chi connectivity index (χ4v) is 3.84. The summed E-state index contributed by atoms with van der Waals surface area (Å²) in [6.07, 6.45) is 3.93. The molecule has 0 heterocycles. The summed E-state index contributed by atoms with van der Waals surface area (Å²) < 4.78 is 27.4. The number of benzene rings is 1. The molecule has 0 radical (unpaired) electrons. The smallest absolute Gasteiger partial charge is 0.240 e. The first-order valence-electron chi connectivity index (χ1n) is 7.30. The molecule has 0 saturated heterocycles. The molecule has 0 bridgehead atoms. The average Bonchev–Trinajstić information content (AvgIpc) is 2.45. The molecule has 1 aromatic rings. The first kappa shape index (κ1) is 18.5. The summed E-state index contributed by atoms with van der Waals surface area (Å²) in [6, 6.07) is 5.46. The summed E-state index contributed by atoms with van der Waals surface area (Å²) >= 11 is 1.72. The number of hydrogen-bond acceptors (Lipinski definition) is 4. The van der Waals surface area contributed by atoms with Crippen molar-refractivity contribution in [3.05, 3.63) is 29.3 Å². The Labute approximate surface area is 133 Å². The van der Waals surface area contributed by atoms with Gasteiger partial charge in [0.25, 0.3) is 0 Å². The highest BCUT2D eigenvalue weighted by Gasteiger charge is 2.17. The van der Waals surface area contributed by atoms with Crippen LogP contribution in [0.25, 0.3) is 0 Å². The van der Waals surface area contributed by atoms with Gasteiger partial charge in [0.1, 0.15) is 0 Å². The van der Waals surface area contributed by atoms with E-state index in [1.54, 1.807) is 17.8 Å². The second-order valence-corrected chi connectivity index (χ2v) is 7.68. The third-order valence-corrected chi connectivity index (χ3v) is 5.55. The fraction of sp³-hybridized carbons (Fsp3) is 0.600. The molecule has 0 amide bonds. The lowest BCUT2D eigenvalue weighted by atomic mass is 10.1. The number of sulfonamides is 1. The van der Waals surface area contributed by atoms with Crippen molar-refractivity contribution in [3.63, 3.8) is 0 Å². The summed E-state index contributed by atoms with van der Waals surface area (Å²) in [6.45, 7) is 6.11. The molecule has 120 valence electrons.